The molecule has 0 spiro atoms. The van der Waals surface area contributed by atoms with Crippen LogP contribution >= 0.6 is 15.9 Å². The van der Waals surface area contributed by atoms with Crippen LogP contribution in [0.5, 0.6) is 0 Å². The molecule has 0 unspecified atom stereocenters. The molecule has 0 aliphatic heterocycles. The van der Waals surface area contributed by atoms with Crippen molar-refractivity contribution in [1.29, 1.82) is 5.41 Å². The van der Waals surface area contributed by atoms with Crippen molar-refractivity contribution >= 4 is 27.5 Å². The van der Waals surface area contributed by atoms with Crippen LogP contribution in [-0.4, -0.2) is 32.6 Å². The van der Waals surface area contributed by atoms with Crippen LogP contribution in [0, 0.1) is 5.41 Å². The van der Waals surface area contributed by atoms with Crippen molar-refractivity contribution in [1.82, 2.24) is 0 Å². The second kappa shape index (κ2) is 6.61. The van der Waals surface area contributed by atoms with Crippen molar-refractivity contribution in [3.05, 3.63) is 28.2 Å². The molecule has 1 aromatic rings. The Morgan fingerprint density at radius 3 is 2.76 bits per heavy atom. The van der Waals surface area contributed by atoms with Crippen LogP contribution in [0.2, 0.25) is 0 Å². The Labute approximate surface area is 110 Å². The maximum absolute atomic E-state index is 7.65. The van der Waals surface area contributed by atoms with Crippen molar-refractivity contribution in [3.63, 3.8) is 0 Å². The van der Waals surface area contributed by atoms with Crippen LogP contribution in [0.1, 0.15) is 12.5 Å². The minimum Gasteiger partial charge on any atom is -0.384 e. The average Bonchev–Trinajstić information content (AvgIpc) is 2.29. The number of nitrogens with two attached hydrogens (primary N) is 1. The summed E-state index contributed by atoms with van der Waals surface area (Å²) in [5.41, 5.74) is 7.34. The van der Waals surface area contributed by atoms with Crippen molar-refractivity contribution < 1.29 is 4.74 Å². The molecule has 0 atom stereocenters. The quantitative estimate of drug-likeness (QED) is 0.625. The van der Waals surface area contributed by atoms with Crippen molar-refractivity contribution in [3.8, 4) is 0 Å². The van der Waals surface area contributed by atoms with Crippen molar-refractivity contribution in [2.75, 3.05) is 31.7 Å². The number of nitrogen functional groups attached to an aromatic ring is 1. The molecule has 0 saturated carbocycles. The molecule has 0 heterocycles. The molecule has 0 amide bonds. The van der Waals surface area contributed by atoms with E-state index in [1.54, 1.807) is 7.11 Å². The van der Waals surface area contributed by atoms with E-state index in [1.165, 1.54) is 0 Å². The fraction of sp³-hybridized carbons (Fsp3) is 0.417. The van der Waals surface area contributed by atoms with E-state index in [2.05, 4.69) is 27.8 Å². The Balaban J connectivity index is 3.09. The van der Waals surface area contributed by atoms with Gasteiger partial charge in [-0.15, -0.1) is 0 Å². The predicted octanol–water partition coefficient (Wildman–Crippen LogP) is 2.21. The van der Waals surface area contributed by atoms with Gasteiger partial charge in [0.25, 0.3) is 0 Å². The molecule has 0 fully saturated rings. The molecule has 0 saturated heterocycles. The lowest BCUT2D eigenvalue weighted by atomic mass is 10.1. The van der Waals surface area contributed by atoms with Gasteiger partial charge in [0.2, 0.25) is 0 Å². The summed E-state index contributed by atoms with van der Waals surface area (Å²) in [6, 6.07) is 5.81. The summed E-state index contributed by atoms with van der Waals surface area (Å²) < 4.78 is 5.93. The molecule has 3 N–H and O–H groups in total. The van der Waals surface area contributed by atoms with Gasteiger partial charge in [0, 0.05) is 30.4 Å². The molecule has 0 radical (unpaired) electrons. The number of methoxy groups -OCH3 is 1. The third kappa shape index (κ3) is 3.44. The molecule has 5 heteroatoms. The Hall–Kier alpha value is -1.07. The second-order valence-corrected chi connectivity index (χ2v) is 4.47. The van der Waals surface area contributed by atoms with Gasteiger partial charge in [0.15, 0.2) is 0 Å². The van der Waals surface area contributed by atoms with Crippen LogP contribution in [-0.2, 0) is 4.74 Å². The number of rotatable bonds is 6. The lowest BCUT2D eigenvalue weighted by molar-refractivity contribution is 0.205. The number of hydrogen-bond donors (Lipinski definition) is 2. The topological polar surface area (TPSA) is 62.3 Å². The molecule has 0 aliphatic rings. The van der Waals surface area contributed by atoms with Crippen LogP contribution in [0.15, 0.2) is 22.7 Å². The van der Waals surface area contributed by atoms with E-state index in [0.717, 1.165) is 28.8 Å². The third-order valence-electron chi connectivity index (χ3n) is 2.55. The molecule has 0 aliphatic carbocycles. The monoisotopic (exact) mass is 299 g/mol. The molecule has 4 nitrogen and oxygen atoms in total. The van der Waals surface area contributed by atoms with E-state index in [-0.39, 0.29) is 5.84 Å². The standard InChI is InChI=1S/C12H18BrN3O/c1-3-16(7-8-17-2)10-6-4-5-9(13)11(10)12(14)15/h4-6H,3,7-8H2,1-2H3,(H3,14,15). The Kier molecular flexibility index (Phi) is 5.44. The van der Waals surface area contributed by atoms with Gasteiger partial charge in [-0.2, -0.15) is 0 Å². The van der Waals surface area contributed by atoms with Crippen LogP contribution in [0.3, 0.4) is 0 Å². The number of nitrogens with one attached hydrogen (secondary N) is 1. The minimum absolute atomic E-state index is 0.0725. The first-order valence-electron chi connectivity index (χ1n) is 5.48. The van der Waals surface area contributed by atoms with Crippen LogP contribution in [0.25, 0.3) is 0 Å². The summed E-state index contributed by atoms with van der Waals surface area (Å²) in [4.78, 5) is 2.14. The normalized spacial score (nSPS) is 10.3. The highest BCUT2D eigenvalue weighted by atomic mass is 79.9. The zero-order valence-electron chi connectivity index (χ0n) is 10.2. The van der Waals surface area contributed by atoms with Gasteiger partial charge >= 0.3 is 0 Å². The molecule has 1 rings (SSSR count). The lowest BCUT2D eigenvalue weighted by Crippen LogP contribution is -2.29. The molecular weight excluding hydrogens is 282 g/mol. The number of anilines is 1. The van der Waals surface area contributed by atoms with E-state index in [1.807, 2.05) is 18.2 Å². The molecular formula is C12H18BrN3O. The number of nitrogens with zero attached hydrogens (tertiary/aromatic N) is 1. The van der Waals surface area contributed by atoms with E-state index in [4.69, 9.17) is 15.9 Å². The summed E-state index contributed by atoms with van der Waals surface area (Å²) >= 11 is 3.43. The summed E-state index contributed by atoms with van der Waals surface area (Å²) in [6.07, 6.45) is 0. The van der Waals surface area contributed by atoms with E-state index in [0.29, 0.717) is 6.61 Å². The Bertz CT molecular complexity index is 395. The SMILES string of the molecule is CCN(CCOC)c1cccc(Br)c1C(=N)N. The predicted molar refractivity (Wildman–Crippen MR) is 74.9 cm³/mol. The van der Waals surface area contributed by atoms with Crippen molar-refractivity contribution in [2.45, 2.75) is 6.92 Å². The molecule has 94 valence electrons. The summed E-state index contributed by atoms with van der Waals surface area (Å²) in [6.45, 7) is 4.35. The van der Waals surface area contributed by atoms with Gasteiger partial charge in [0.05, 0.1) is 12.2 Å². The summed E-state index contributed by atoms with van der Waals surface area (Å²) in [5, 5.41) is 7.65. The average molecular weight is 300 g/mol. The molecule has 0 aromatic heterocycles. The summed E-state index contributed by atoms with van der Waals surface area (Å²) in [5.74, 6) is 0.0725. The minimum atomic E-state index is 0.0725. The lowest BCUT2D eigenvalue weighted by Gasteiger charge is -2.25. The molecule has 0 bridgehead atoms. The smallest absolute Gasteiger partial charge is 0.126 e. The van der Waals surface area contributed by atoms with Gasteiger partial charge in [0.1, 0.15) is 5.84 Å². The zero-order valence-corrected chi connectivity index (χ0v) is 11.8. The number of halogens is 1. The number of benzene rings is 1. The number of ether oxygens (including phenoxy) is 1. The first-order valence-corrected chi connectivity index (χ1v) is 6.27. The maximum Gasteiger partial charge on any atom is 0.126 e. The fourth-order valence-electron chi connectivity index (χ4n) is 1.69. The number of likely N-dealkylation sites (N-methyl/N-ethyl adjacent to an activating group) is 1. The molecule has 1 aromatic carbocycles. The number of amidine groups is 1. The van der Waals surface area contributed by atoms with Crippen LogP contribution in [0.4, 0.5) is 5.69 Å². The van der Waals surface area contributed by atoms with E-state index < -0.39 is 0 Å². The zero-order chi connectivity index (χ0) is 12.8. The first-order chi connectivity index (χ1) is 8.11. The van der Waals surface area contributed by atoms with Crippen LogP contribution < -0.4 is 10.6 Å². The van der Waals surface area contributed by atoms with E-state index in [9.17, 15) is 0 Å². The highest BCUT2D eigenvalue weighted by molar-refractivity contribution is 9.10. The van der Waals surface area contributed by atoms with Gasteiger partial charge < -0.3 is 15.4 Å². The van der Waals surface area contributed by atoms with Gasteiger partial charge in [-0.3, -0.25) is 5.41 Å². The second-order valence-electron chi connectivity index (χ2n) is 3.62. The number of hydrogen-bond acceptors (Lipinski definition) is 3. The maximum atomic E-state index is 7.65. The first kappa shape index (κ1) is 14.0. The Morgan fingerprint density at radius 2 is 2.24 bits per heavy atom. The summed E-state index contributed by atoms with van der Waals surface area (Å²) in [7, 11) is 1.68. The van der Waals surface area contributed by atoms with Crippen molar-refractivity contribution in [2.24, 2.45) is 5.73 Å². The highest BCUT2D eigenvalue weighted by Gasteiger charge is 2.14. The third-order valence-corrected chi connectivity index (χ3v) is 3.21. The fourth-order valence-corrected chi connectivity index (χ4v) is 2.26. The Morgan fingerprint density at radius 1 is 1.53 bits per heavy atom. The largest absolute Gasteiger partial charge is 0.384 e. The van der Waals surface area contributed by atoms with Gasteiger partial charge in [-0.25, -0.2) is 0 Å². The highest BCUT2D eigenvalue weighted by Crippen LogP contribution is 2.27. The molecule has 17 heavy (non-hydrogen) atoms. The van der Waals surface area contributed by atoms with E-state index >= 15 is 0 Å². The van der Waals surface area contributed by atoms with Gasteiger partial charge in [-0.1, -0.05) is 6.07 Å². The van der Waals surface area contributed by atoms with Gasteiger partial charge in [-0.05, 0) is 35.0 Å².